The fourth-order valence-corrected chi connectivity index (χ4v) is 1.24. The standard InChI is InChI=1S/C13H18FNO/c1-4-15-8-11-5-6-13(12(14)7-11)16-9-10(2)3/h5-7,15H,2,4,8-9H2,1,3H3. The molecule has 1 aromatic rings. The smallest absolute Gasteiger partial charge is 0.165 e. The monoisotopic (exact) mass is 223 g/mol. The minimum Gasteiger partial charge on any atom is -0.486 e. The minimum atomic E-state index is -0.323. The predicted molar refractivity (Wildman–Crippen MR) is 64.1 cm³/mol. The van der Waals surface area contributed by atoms with Gasteiger partial charge in [0, 0.05) is 6.54 Å². The van der Waals surface area contributed by atoms with Gasteiger partial charge >= 0.3 is 0 Å². The number of ether oxygens (including phenoxy) is 1. The largest absolute Gasteiger partial charge is 0.486 e. The van der Waals surface area contributed by atoms with Gasteiger partial charge in [0.2, 0.25) is 0 Å². The third-order valence-corrected chi connectivity index (χ3v) is 2.05. The molecule has 1 N–H and O–H groups in total. The van der Waals surface area contributed by atoms with Gasteiger partial charge in [-0.3, -0.25) is 0 Å². The molecular formula is C13H18FNO. The van der Waals surface area contributed by atoms with Gasteiger partial charge < -0.3 is 10.1 Å². The summed E-state index contributed by atoms with van der Waals surface area (Å²) in [5, 5.41) is 3.14. The maximum atomic E-state index is 13.5. The van der Waals surface area contributed by atoms with Crippen molar-refractivity contribution in [2.75, 3.05) is 13.2 Å². The molecule has 0 heterocycles. The summed E-state index contributed by atoms with van der Waals surface area (Å²) in [5.74, 6) is -0.0418. The van der Waals surface area contributed by atoms with Crippen LogP contribution >= 0.6 is 0 Å². The van der Waals surface area contributed by atoms with Crippen molar-refractivity contribution in [1.82, 2.24) is 5.32 Å². The second-order valence-electron chi connectivity index (χ2n) is 3.79. The van der Waals surface area contributed by atoms with E-state index in [4.69, 9.17) is 4.74 Å². The molecule has 2 nitrogen and oxygen atoms in total. The van der Waals surface area contributed by atoms with E-state index in [0.29, 0.717) is 13.2 Å². The Labute approximate surface area is 96.1 Å². The molecule has 0 aliphatic carbocycles. The fourth-order valence-electron chi connectivity index (χ4n) is 1.24. The number of halogens is 1. The Morgan fingerprint density at radius 2 is 2.25 bits per heavy atom. The van der Waals surface area contributed by atoms with Crippen LogP contribution in [0.15, 0.2) is 30.4 Å². The normalized spacial score (nSPS) is 10.2. The van der Waals surface area contributed by atoms with Crippen LogP contribution in [-0.4, -0.2) is 13.2 Å². The first-order valence-electron chi connectivity index (χ1n) is 5.39. The molecule has 88 valence electrons. The van der Waals surface area contributed by atoms with Gasteiger partial charge in [0.05, 0.1) is 0 Å². The second kappa shape index (κ2) is 6.28. The van der Waals surface area contributed by atoms with E-state index in [1.165, 1.54) is 6.07 Å². The van der Waals surface area contributed by atoms with Crippen LogP contribution in [0.5, 0.6) is 5.75 Å². The topological polar surface area (TPSA) is 21.3 Å². The lowest BCUT2D eigenvalue weighted by Gasteiger charge is -2.08. The molecule has 0 bridgehead atoms. The highest BCUT2D eigenvalue weighted by atomic mass is 19.1. The Hall–Kier alpha value is -1.35. The van der Waals surface area contributed by atoms with Crippen LogP contribution in [0, 0.1) is 5.82 Å². The van der Waals surface area contributed by atoms with E-state index in [1.54, 1.807) is 6.07 Å². The van der Waals surface area contributed by atoms with E-state index in [2.05, 4.69) is 11.9 Å². The van der Waals surface area contributed by atoms with Gasteiger partial charge in [-0.05, 0) is 36.7 Å². The molecule has 0 fully saturated rings. The van der Waals surface area contributed by atoms with Gasteiger partial charge in [0.15, 0.2) is 11.6 Å². The van der Waals surface area contributed by atoms with E-state index in [9.17, 15) is 4.39 Å². The quantitative estimate of drug-likeness (QED) is 0.749. The summed E-state index contributed by atoms with van der Waals surface area (Å²) >= 11 is 0. The molecule has 0 aromatic heterocycles. The van der Waals surface area contributed by atoms with Crippen molar-refractivity contribution in [2.45, 2.75) is 20.4 Å². The van der Waals surface area contributed by atoms with Crippen LogP contribution in [0.4, 0.5) is 4.39 Å². The van der Waals surface area contributed by atoms with Gasteiger partial charge in [-0.15, -0.1) is 0 Å². The molecule has 1 aromatic carbocycles. The summed E-state index contributed by atoms with van der Waals surface area (Å²) in [7, 11) is 0. The maximum absolute atomic E-state index is 13.5. The average molecular weight is 223 g/mol. The Balaban J connectivity index is 2.63. The Bertz CT molecular complexity index is 363. The summed E-state index contributed by atoms with van der Waals surface area (Å²) < 4.78 is 18.8. The van der Waals surface area contributed by atoms with Crippen LogP contribution in [0.3, 0.4) is 0 Å². The molecule has 1 rings (SSSR count). The van der Waals surface area contributed by atoms with E-state index in [-0.39, 0.29) is 11.6 Å². The SMILES string of the molecule is C=C(C)COc1ccc(CNCC)cc1F. The van der Waals surface area contributed by atoms with Crippen LogP contribution in [-0.2, 0) is 6.54 Å². The second-order valence-corrected chi connectivity index (χ2v) is 3.79. The highest BCUT2D eigenvalue weighted by molar-refractivity contribution is 5.29. The molecule has 0 radical (unpaired) electrons. The van der Waals surface area contributed by atoms with Crippen molar-refractivity contribution in [3.05, 3.63) is 41.7 Å². The molecule has 0 amide bonds. The molecule has 0 aliphatic rings. The molecular weight excluding hydrogens is 205 g/mol. The summed E-state index contributed by atoms with van der Waals surface area (Å²) in [4.78, 5) is 0. The molecule has 0 saturated heterocycles. The first-order chi connectivity index (χ1) is 7.63. The average Bonchev–Trinajstić information content (AvgIpc) is 2.24. The molecule has 0 unspecified atom stereocenters. The molecule has 16 heavy (non-hydrogen) atoms. The number of rotatable bonds is 6. The minimum absolute atomic E-state index is 0.281. The van der Waals surface area contributed by atoms with Crippen molar-refractivity contribution >= 4 is 0 Å². The van der Waals surface area contributed by atoms with E-state index >= 15 is 0 Å². The lowest BCUT2D eigenvalue weighted by molar-refractivity contribution is 0.332. The van der Waals surface area contributed by atoms with E-state index < -0.39 is 0 Å². The third kappa shape index (κ3) is 4.03. The van der Waals surface area contributed by atoms with E-state index in [1.807, 2.05) is 19.9 Å². The molecule has 0 saturated carbocycles. The molecule has 0 atom stereocenters. The Morgan fingerprint density at radius 1 is 1.50 bits per heavy atom. The number of benzene rings is 1. The zero-order valence-corrected chi connectivity index (χ0v) is 9.85. The molecule has 0 spiro atoms. The third-order valence-electron chi connectivity index (χ3n) is 2.05. The molecule has 3 heteroatoms. The van der Waals surface area contributed by atoms with Crippen LogP contribution in [0.2, 0.25) is 0 Å². The number of nitrogens with one attached hydrogen (secondary N) is 1. The van der Waals surface area contributed by atoms with Gasteiger partial charge in [-0.1, -0.05) is 19.6 Å². The summed E-state index contributed by atoms with van der Waals surface area (Å²) in [6, 6.07) is 5.01. The van der Waals surface area contributed by atoms with Gasteiger partial charge in [0.1, 0.15) is 6.61 Å². The highest BCUT2D eigenvalue weighted by Gasteiger charge is 2.04. The van der Waals surface area contributed by atoms with Crippen LogP contribution in [0.25, 0.3) is 0 Å². The van der Waals surface area contributed by atoms with Crippen molar-refractivity contribution in [3.8, 4) is 5.75 Å². The molecule has 0 aliphatic heterocycles. The summed E-state index contributed by atoms with van der Waals surface area (Å²) in [6.45, 7) is 9.46. The van der Waals surface area contributed by atoms with Gasteiger partial charge in [-0.2, -0.15) is 0 Å². The zero-order chi connectivity index (χ0) is 12.0. The fraction of sp³-hybridized carbons (Fsp3) is 0.385. The van der Waals surface area contributed by atoms with Crippen molar-refractivity contribution in [2.24, 2.45) is 0 Å². The predicted octanol–water partition coefficient (Wildman–Crippen LogP) is 2.89. The van der Waals surface area contributed by atoms with E-state index in [0.717, 1.165) is 17.7 Å². The van der Waals surface area contributed by atoms with Crippen LogP contribution in [0.1, 0.15) is 19.4 Å². The first-order valence-corrected chi connectivity index (χ1v) is 5.39. The van der Waals surface area contributed by atoms with Gasteiger partial charge in [-0.25, -0.2) is 4.39 Å². The zero-order valence-electron chi connectivity index (χ0n) is 9.85. The summed E-state index contributed by atoms with van der Waals surface area (Å²) in [6.07, 6.45) is 0. The highest BCUT2D eigenvalue weighted by Crippen LogP contribution is 2.18. The lowest BCUT2D eigenvalue weighted by atomic mass is 10.2. The van der Waals surface area contributed by atoms with Crippen molar-refractivity contribution < 1.29 is 9.13 Å². The first kappa shape index (κ1) is 12.7. The van der Waals surface area contributed by atoms with Gasteiger partial charge in [0.25, 0.3) is 0 Å². The maximum Gasteiger partial charge on any atom is 0.165 e. The Morgan fingerprint density at radius 3 is 2.81 bits per heavy atom. The Kier molecular flexibility index (Phi) is 4.99. The van der Waals surface area contributed by atoms with Crippen molar-refractivity contribution in [3.63, 3.8) is 0 Å². The number of hydrogen-bond acceptors (Lipinski definition) is 2. The van der Waals surface area contributed by atoms with Crippen molar-refractivity contribution in [1.29, 1.82) is 0 Å². The number of hydrogen-bond donors (Lipinski definition) is 1. The summed E-state index contributed by atoms with van der Waals surface area (Å²) in [5.41, 5.74) is 1.79. The lowest BCUT2D eigenvalue weighted by Crippen LogP contribution is -2.12. The van der Waals surface area contributed by atoms with Crippen LogP contribution < -0.4 is 10.1 Å².